The molecule has 2 rings (SSSR count). The maximum atomic E-state index is 12.3. The summed E-state index contributed by atoms with van der Waals surface area (Å²) >= 11 is 0. The Kier molecular flexibility index (Phi) is 5.95. The number of hydrogen-bond acceptors (Lipinski definition) is 5. The van der Waals surface area contributed by atoms with Crippen LogP contribution in [0.15, 0.2) is 16.7 Å². The second kappa shape index (κ2) is 7.94. The van der Waals surface area contributed by atoms with Crippen molar-refractivity contribution in [3.8, 4) is 5.82 Å². The van der Waals surface area contributed by atoms with Crippen LogP contribution in [0, 0.1) is 20.8 Å². The summed E-state index contributed by atoms with van der Waals surface area (Å²) in [5.41, 5.74) is 2.38. The highest BCUT2D eigenvalue weighted by molar-refractivity contribution is 5.95. The first kappa shape index (κ1) is 17.2. The molecule has 2 aromatic heterocycles. The molecule has 2 aromatic rings. The van der Waals surface area contributed by atoms with Crippen LogP contribution in [0.25, 0.3) is 5.82 Å². The summed E-state index contributed by atoms with van der Waals surface area (Å²) in [7, 11) is 1.62. The molecule has 126 valence electrons. The Bertz CT molecular complexity index is 660. The van der Waals surface area contributed by atoms with Crippen molar-refractivity contribution in [2.45, 2.75) is 20.8 Å². The lowest BCUT2D eigenvalue weighted by Gasteiger charge is -2.07. The maximum absolute atomic E-state index is 12.3. The minimum atomic E-state index is -0.125. The fourth-order valence-corrected chi connectivity index (χ4v) is 2.38. The zero-order valence-electron chi connectivity index (χ0n) is 14.0. The van der Waals surface area contributed by atoms with Crippen LogP contribution >= 0.6 is 0 Å². The number of aromatic nitrogens is 2. The molecule has 2 heterocycles. The molecule has 23 heavy (non-hydrogen) atoms. The zero-order valence-corrected chi connectivity index (χ0v) is 14.0. The zero-order chi connectivity index (χ0) is 16.8. The highest BCUT2D eigenvalue weighted by Crippen LogP contribution is 2.20. The van der Waals surface area contributed by atoms with Gasteiger partial charge in [0.15, 0.2) is 5.82 Å². The van der Waals surface area contributed by atoms with E-state index in [4.69, 9.17) is 14.0 Å². The van der Waals surface area contributed by atoms with E-state index in [0.717, 1.165) is 17.1 Å². The first-order valence-electron chi connectivity index (χ1n) is 7.52. The topological polar surface area (TPSA) is 78.5 Å². The van der Waals surface area contributed by atoms with Crippen LogP contribution in [-0.4, -0.2) is 49.1 Å². The Morgan fingerprint density at radius 1 is 1.26 bits per heavy atom. The molecule has 0 atom stereocenters. The number of carbonyl (C=O) groups excluding carboxylic acids is 1. The fraction of sp³-hybridized carbons (Fsp3) is 0.500. The quantitative estimate of drug-likeness (QED) is 0.750. The van der Waals surface area contributed by atoms with Gasteiger partial charge in [-0.3, -0.25) is 9.36 Å². The van der Waals surface area contributed by atoms with E-state index in [9.17, 15) is 4.79 Å². The fourth-order valence-electron chi connectivity index (χ4n) is 2.38. The summed E-state index contributed by atoms with van der Waals surface area (Å²) < 4.78 is 17.2. The molecule has 0 aliphatic carbocycles. The summed E-state index contributed by atoms with van der Waals surface area (Å²) in [6.07, 6.45) is 0. The number of nitrogens with one attached hydrogen (secondary N) is 1. The van der Waals surface area contributed by atoms with Crippen molar-refractivity contribution < 1.29 is 18.8 Å². The van der Waals surface area contributed by atoms with Gasteiger partial charge in [-0.2, -0.15) is 0 Å². The third-order valence-electron chi connectivity index (χ3n) is 3.48. The monoisotopic (exact) mass is 321 g/mol. The highest BCUT2D eigenvalue weighted by Gasteiger charge is 2.18. The van der Waals surface area contributed by atoms with E-state index in [-0.39, 0.29) is 5.91 Å². The molecule has 0 radical (unpaired) electrons. The van der Waals surface area contributed by atoms with E-state index in [1.54, 1.807) is 7.11 Å². The summed E-state index contributed by atoms with van der Waals surface area (Å²) in [6.45, 7) is 7.63. The molecule has 0 unspecified atom stereocenters. The minimum Gasteiger partial charge on any atom is -0.382 e. The molecule has 1 N–H and O–H groups in total. The first-order chi connectivity index (χ1) is 11.0. The van der Waals surface area contributed by atoms with Gasteiger partial charge in [0.05, 0.1) is 25.4 Å². The number of ether oxygens (including phenoxy) is 2. The Morgan fingerprint density at radius 2 is 2.04 bits per heavy atom. The van der Waals surface area contributed by atoms with Crippen LogP contribution in [0.1, 0.15) is 27.5 Å². The largest absolute Gasteiger partial charge is 0.382 e. The molecule has 0 saturated carbocycles. The van der Waals surface area contributed by atoms with E-state index >= 15 is 0 Å². The van der Waals surface area contributed by atoms with Gasteiger partial charge in [0.2, 0.25) is 0 Å². The average Bonchev–Trinajstić information content (AvgIpc) is 3.06. The molecule has 0 aromatic carbocycles. The summed E-state index contributed by atoms with van der Waals surface area (Å²) in [4.78, 5) is 12.3. The van der Waals surface area contributed by atoms with Crippen molar-refractivity contribution in [2.75, 3.05) is 33.5 Å². The molecule has 1 amide bonds. The van der Waals surface area contributed by atoms with E-state index in [0.29, 0.717) is 37.7 Å². The number of rotatable bonds is 8. The van der Waals surface area contributed by atoms with Gasteiger partial charge in [-0.25, -0.2) is 0 Å². The normalized spacial score (nSPS) is 11.0. The van der Waals surface area contributed by atoms with Crippen LogP contribution < -0.4 is 5.32 Å². The van der Waals surface area contributed by atoms with E-state index in [1.807, 2.05) is 37.5 Å². The summed E-state index contributed by atoms with van der Waals surface area (Å²) in [5, 5.41) is 6.86. The Balaban J connectivity index is 1.99. The van der Waals surface area contributed by atoms with Gasteiger partial charge in [0.25, 0.3) is 5.91 Å². The van der Waals surface area contributed by atoms with Crippen molar-refractivity contribution in [2.24, 2.45) is 0 Å². The summed E-state index contributed by atoms with van der Waals surface area (Å²) in [5.74, 6) is 1.28. The Hall–Kier alpha value is -2.12. The lowest BCUT2D eigenvalue weighted by atomic mass is 10.2. The van der Waals surface area contributed by atoms with Gasteiger partial charge in [0, 0.05) is 31.1 Å². The number of aryl methyl sites for hydroxylation is 2. The second-order valence-electron chi connectivity index (χ2n) is 5.28. The predicted molar refractivity (Wildman–Crippen MR) is 85.1 cm³/mol. The van der Waals surface area contributed by atoms with Gasteiger partial charge < -0.3 is 19.3 Å². The standard InChI is InChI=1S/C16H23N3O4/c1-11-9-14(16(20)17-5-6-22-8-7-21-4)13(3)19(11)15-10-12(2)23-18-15/h9-10H,5-8H2,1-4H3,(H,17,20). The number of nitrogens with zero attached hydrogens (tertiary/aromatic N) is 2. The van der Waals surface area contributed by atoms with E-state index in [2.05, 4.69) is 10.5 Å². The molecular formula is C16H23N3O4. The predicted octanol–water partition coefficient (Wildman–Crippen LogP) is 1.78. The highest BCUT2D eigenvalue weighted by atomic mass is 16.5. The second-order valence-corrected chi connectivity index (χ2v) is 5.28. The Morgan fingerprint density at radius 3 is 2.70 bits per heavy atom. The number of hydrogen-bond donors (Lipinski definition) is 1. The number of carbonyl (C=O) groups is 1. The number of amides is 1. The average molecular weight is 321 g/mol. The van der Waals surface area contributed by atoms with Gasteiger partial charge in [-0.1, -0.05) is 5.16 Å². The van der Waals surface area contributed by atoms with Crippen molar-refractivity contribution in [1.29, 1.82) is 0 Å². The Labute approximate surface area is 135 Å². The van der Waals surface area contributed by atoms with E-state index < -0.39 is 0 Å². The lowest BCUT2D eigenvalue weighted by Crippen LogP contribution is -2.28. The maximum Gasteiger partial charge on any atom is 0.253 e. The third kappa shape index (κ3) is 4.20. The van der Waals surface area contributed by atoms with Crippen LogP contribution in [0.5, 0.6) is 0 Å². The van der Waals surface area contributed by atoms with Gasteiger partial charge in [0.1, 0.15) is 5.76 Å². The molecule has 0 aliphatic rings. The smallest absolute Gasteiger partial charge is 0.253 e. The lowest BCUT2D eigenvalue weighted by molar-refractivity contribution is 0.0692. The SMILES string of the molecule is COCCOCCNC(=O)c1cc(C)n(-c2cc(C)on2)c1C. The molecule has 0 saturated heterocycles. The molecule has 0 aliphatic heterocycles. The number of methoxy groups -OCH3 is 1. The van der Waals surface area contributed by atoms with Crippen LogP contribution in [0.3, 0.4) is 0 Å². The third-order valence-corrected chi connectivity index (χ3v) is 3.48. The van der Waals surface area contributed by atoms with Gasteiger partial charge in [-0.05, 0) is 26.8 Å². The molecule has 0 fully saturated rings. The minimum absolute atomic E-state index is 0.125. The van der Waals surface area contributed by atoms with Crippen molar-refractivity contribution in [1.82, 2.24) is 15.0 Å². The van der Waals surface area contributed by atoms with Crippen molar-refractivity contribution in [3.05, 3.63) is 34.8 Å². The van der Waals surface area contributed by atoms with Gasteiger partial charge >= 0.3 is 0 Å². The molecule has 7 heteroatoms. The summed E-state index contributed by atoms with van der Waals surface area (Å²) in [6, 6.07) is 3.69. The molecule has 0 spiro atoms. The van der Waals surface area contributed by atoms with E-state index in [1.165, 1.54) is 0 Å². The molecule has 7 nitrogen and oxygen atoms in total. The molecular weight excluding hydrogens is 298 g/mol. The van der Waals surface area contributed by atoms with Crippen molar-refractivity contribution in [3.63, 3.8) is 0 Å². The molecule has 0 bridgehead atoms. The van der Waals surface area contributed by atoms with Crippen LogP contribution in [-0.2, 0) is 9.47 Å². The van der Waals surface area contributed by atoms with Crippen molar-refractivity contribution >= 4 is 5.91 Å². The van der Waals surface area contributed by atoms with Crippen LogP contribution in [0.4, 0.5) is 0 Å². The van der Waals surface area contributed by atoms with Crippen LogP contribution in [0.2, 0.25) is 0 Å². The van der Waals surface area contributed by atoms with Gasteiger partial charge in [-0.15, -0.1) is 0 Å². The first-order valence-corrected chi connectivity index (χ1v) is 7.52.